The maximum absolute atomic E-state index is 13.1. The maximum Gasteiger partial charge on any atom is 0.165 e. The van der Waals surface area contributed by atoms with E-state index in [2.05, 4.69) is 50.2 Å². The van der Waals surface area contributed by atoms with Crippen LogP contribution < -0.4 is 4.74 Å². The summed E-state index contributed by atoms with van der Waals surface area (Å²) in [6, 6.07) is 16.6. The molecule has 3 rings (SSSR count). The Hall–Kier alpha value is -2.09. The SMILES string of the molecule is CCCCCCCOc1ccc(-c2ccc(C(=O)C3CCC(CCCCCC)CC3)cc2)cc1. The van der Waals surface area contributed by atoms with E-state index >= 15 is 0 Å². The van der Waals surface area contributed by atoms with Crippen molar-refractivity contribution in [1.82, 2.24) is 0 Å². The number of hydrogen-bond donors (Lipinski definition) is 0. The second-order valence-electron chi connectivity index (χ2n) is 10.3. The number of carbonyl (C=O) groups excluding carboxylic acids is 1. The van der Waals surface area contributed by atoms with Crippen molar-refractivity contribution in [3.8, 4) is 16.9 Å². The summed E-state index contributed by atoms with van der Waals surface area (Å²) in [6.07, 6.45) is 17.6. The van der Waals surface area contributed by atoms with Crippen LogP contribution >= 0.6 is 0 Å². The molecule has 0 amide bonds. The third kappa shape index (κ3) is 8.60. The van der Waals surface area contributed by atoms with Gasteiger partial charge in [0.25, 0.3) is 0 Å². The Bertz CT molecular complexity index is 813. The number of benzene rings is 2. The predicted molar refractivity (Wildman–Crippen MR) is 145 cm³/mol. The van der Waals surface area contributed by atoms with Gasteiger partial charge < -0.3 is 4.74 Å². The van der Waals surface area contributed by atoms with Crippen molar-refractivity contribution in [2.45, 2.75) is 104 Å². The van der Waals surface area contributed by atoms with Gasteiger partial charge in [0.05, 0.1) is 6.61 Å². The van der Waals surface area contributed by atoms with Crippen LogP contribution in [0.3, 0.4) is 0 Å². The molecule has 0 spiro atoms. The molecule has 34 heavy (non-hydrogen) atoms. The summed E-state index contributed by atoms with van der Waals surface area (Å²) < 4.78 is 5.89. The number of rotatable bonds is 15. The Labute approximate surface area is 208 Å². The summed E-state index contributed by atoms with van der Waals surface area (Å²) in [5.41, 5.74) is 3.19. The third-order valence-electron chi connectivity index (χ3n) is 7.56. The van der Waals surface area contributed by atoms with Gasteiger partial charge in [-0.3, -0.25) is 4.79 Å². The van der Waals surface area contributed by atoms with Gasteiger partial charge in [-0.15, -0.1) is 0 Å². The van der Waals surface area contributed by atoms with E-state index < -0.39 is 0 Å². The minimum Gasteiger partial charge on any atom is -0.494 e. The lowest BCUT2D eigenvalue weighted by Crippen LogP contribution is -2.22. The standard InChI is InChI=1S/C32H46O2/c1-3-5-7-9-11-25-34-31-23-21-28(22-24-31)27-17-19-30(20-18-27)32(33)29-15-13-26(14-16-29)12-10-8-6-4-2/h17-24,26,29H,3-16,25H2,1-2H3. The Kier molecular flexibility index (Phi) is 11.7. The molecule has 1 fully saturated rings. The van der Waals surface area contributed by atoms with Crippen molar-refractivity contribution < 1.29 is 9.53 Å². The number of Topliss-reactive ketones (excluding diaryl/α,β-unsaturated/α-hetero) is 1. The highest BCUT2D eigenvalue weighted by molar-refractivity contribution is 5.98. The maximum atomic E-state index is 13.1. The molecule has 0 radical (unpaired) electrons. The summed E-state index contributed by atoms with van der Waals surface area (Å²) in [7, 11) is 0. The van der Waals surface area contributed by atoms with Gasteiger partial charge in [-0.25, -0.2) is 0 Å². The van der Waals surface area contributed by atoms with E-state index in [1.54, 1.807) is 0 Å². The van der Waals surface area contributed by atoms with E-state index in [-0.39, 0.29) is 5.92 Å². The first kappa shape index (κ1) is 26.5. The average Bonchev–Trinajstić information content (AvgIpc) is 2.89. The normalized spacial score (nSPS) is 18.1. The molecule has 0 aliphatic heterocycles. The molecule has 0 heterocycles. The second-order valence-corrected chi connectivity index (χ2v) is 10.3. The lowest BCUT2D eigenvalue weighted by molar-refractivity contribution is 0.0869. The monoisotopic (exact) mass is 462 g/mol. The first-order valence-corrected chi connectivity index (χ1v) is 14.1. The number of ether oxygens (including phenoxy) is 1. The van der Waals surface area contributed by atoms with Gasteiger partial charge in [0.2, 0.25) is 0 Å². The zero-order valence-corrected chi connectivity index (χ0v) is 21.7. The quantitative estimate of drug-likeness (QED) is 0.194. The lowest BCUT2D eigenvalue weighted by Gasteiger charge is -2.27. The zero-order valence-electron chi connectivity index (χ0n) is 21.7. The summed E-state index contributed by atoms with van der Waals surface area (Å²) in [5.74, 6) is 2.35. The van der Waals surface area contributed by atoms with Crippen LogP contribution in [0.1, 0.15) is 114 Å². The van der Waals surface area contributed by atoms with E-state index in [0.29, 0.717) is 5.78 Å². The van der Waals surface area contributed by atoms with E-state index in [9.17, 15) is 4.79 Å². The van der Waals surface area contributed by atoms with Gasteiger partial charge in [-0.1, -0.05) is 108 Å². The van der Waals surface area contributed by atoms with Crippen LogP contribution in [0, 0.1) is 11.8 Å². The van der Waals surface area contributed by atoms with Crippen LogP contribution in [0.4, 0.5) is 0 Å². The van der Waals surface area contributed by atoms with Crippen LogP contribution in [0.5, 0.6) is 5.75 Å². The molecule has 2 nitrogen and oxygen atoms in total. The van der Waals surface area contributed by atoms with Gasteiger partial charge in [-0.05, 0) is 61.3 Å². The molecule has 2 aromatic carbocycles. The highest BCUT2D eigenvalue weighted by Gasteiger charge is 2.26. The molecule has 0 atom stereocenters. The van der Waals surface area contributed by atoms with Crippen molar-refractivity contribution in [1.29, 1.82) is 0 Å². The molecular formula is C32H46O2. The van der Waals surface area contributed by atoms with Crippen molar-refractivity contribution in [3.63, 3.8) is 0 Å². The minimum absolute atomic E-state index is 0.219. The smallest absolute Gasteiger partial charge is 0.165 e. The Morgan fingerprint density at radius 2 is 1.26 bits per heavy atom. The summed E-state index contributed by atoms with van der Waals surface area (Å²) >= 11 is 0. The molecule has 0 unspecified atom stereocenters. The van der Waals surface area contributed by atoms with Crippen molar-refractivity contribution >= 4 is 5.78 Å². The summed E-state index contributed by atoms with van der Waals surface area (Å²) in [6.45, 7) is 5.30. The fourth-order valence-electron chi connectivity index (χ4n) is 5.27. The summed E-state index contributed by atoms with van der Waals surface area (Å²) in [4.78, 5) is 13.1. The van der Waals surface area contributed by atoms with Crippen LogP contribution in [0.25, 0.3) is 11.1 Å². The topological polar surface area (TPSA) is 26.3 Å². The number of unbranched alkanes of at least 4 members (excludes halogenated alkanes) is 7. The molecule has 0 saturated heterocycles. The molecule has 0 N–H and O–H groups in total. The Morgan fingerprint density at radius 1 is 0.706 bits per heavy atom. The van der Waals surface area contributed by atoms with Gasteiger partial charge in [-0.2, -0.15) is 0 Å². The largest absolute Gasteiger partial charge is 0.494 e. The van der Waals surface area contributed by atoms with Crippen LogP contribution in [0.15, 0.2) is 48.5 Å². The van der Waals surface area contributed by atoms with Crippen molar-refractivity contribution in [3.05, 3.63) is 54.1 Å². The molecule has 0 bridgehead atoms. The van der Waals surface area contributed by atoms with Crippen molar-refractivity contribution in [2.24, 2.45) is 11.8 Å². The fraction of sp³-hybridized carbons (Fsp3) is 0.594. The second kappa shape index (κ2) is 15.0. The highest BCUT2D eigenvalue weighted by Crippen LogP contribution is 2.34. The van der Waals surface area contributed by atoms with E-state index in [0.717, 1.165) is 54.2 Å². The van der Waals surface area contributed by atoms with E-state index in [1.165, 1.54) is 70.6 Å². The Morgan fingerprint density at radius 3 is 1.88 bits per heavy atom. The molecule has 1 aliphatic rings. The zero-order chi connectivity index (χ0) is 24.0. The van der Waals surface area contributed by atoms with Gasteiger partial charge in [0.15, 0.2) is 5.78 Å². The number of carbonyl (C=O) groups is 1. The third-order valence-corrected chi connectivity index (χ3v) is 7.56. The molecule has 186 valence electrons. The van der Waals surface area contributed by atoms with Crippen LogP contribution in [0.2, 0.25) is 0 Å². The molecule has 2 aromatic rings. The molecule has 1 aliphatic carbocycles. The first-order chi connectivity index (χ1) is 16.7. The van der Waals surface area contributed by atoms with Gasteiger partial charge >= 0.3 is 0 Å². The molecule has 2 heteroatoms. The predicted octanol–water partition coefficient (Wildman–Crippen LogP) is 9.66. The van der Waals surface area contributed by atoms with Crippen LogP contribution in [-0.4, -0.2) is 12.4 Å². The minimum atomic E-state index is 0.219. The Balaban J connectivity index is 1.43. The van der Waals surface area contributed by atoms with E-state index in [1.807, 2.05) is 12.1 Å². The number of ketones is 1. The fourth-order valence-corrected chi connectivity index (χ4v) is 5.27. The number of hydrogen-bond acceptors (Lipinski definition) is 2. The first-order valence-electron chi connectivity index (χ1n) is 14.1. The average molecular weight is 463 g/mol. The summed E-state index contributed by atoms with van der Waals surface area (Å²) in [5, 5.41) is 0. The lowest BCUT2D eigenvalue weighted by atomic mass is 9.77. The van der Waals surface area contributed by atoms with Crippen LogP contribution in [-0.2, 0) is 0 Å². The van der Waals surface area contributed by atoms with Crippen molar-refractivity contribution in [2.75, 3.05) is 6.61 Å². The van der Waals surface area contributed by atoms with E-state index in [4.69, 9.17) is 4.74 Å². The van der Waals surface area contributed by atoms with Gasteiger partial charge in [0.1, 0.15) is 5.75 Å². The molecular weight excluding hydrogens is 416 g/mol. The highest BCUT2D eigenvalue weighted by atomic mass is 16.5. The van der Waals surface area contributed by atoms with Gasteiger partial charge in [0, 0.05) is 11.5 Å². The molecule has 1 saturated carbocycles. The molecule has 0 aromatic heterocycles.